The molecule has 4 nitrogen and oxygen atoms in total. The molecule has 1 N–H and O–H groups in total. The summed E-state index contributed by atoms with van der Waals surface area (Å²) < 4.78 is 0. The molecule has 1 aromatic carbocycles. The lowest BCUT2D eigenvalue weighted by Gasteiger charge is -2.22. The van der Waals surface area contributed by atoms with E-state index in [2.05, 4.69) is 5.32 Å². The number of aryl methyl sites for hydroxylation is 1. The first kappa shape index (κ1) is 16.3. The summed E-state index contributed by atoms with van der Waals surface area (Å²) in [6.45, 7) is 2.59. The number of benzene rings is 1. The summed E-state index contributed by atoms with van der Waals surface area (Å²) >= 11 is 1.52. The van der Waals surface area contributed by atoms with E-state index in [4.69, 9.17) is 0 Å². The van der Waals surface area contributed by atoms with Gasteiger partial charge in [-0.05, 0) is 67.3 Å². The van der Waals surface area contributed by atoms with E-state index in [1.807, 2.05) is 47.5 Å². The molecule has 2 aliphatic carbocycles. The van der Waals surface area contributed by atoms with E-state index in [1.54, 1.807) is 0 Å². The Morgan fingerprint density at radius 2 is 1.84 bits per heavy atom. The standard InChI is InChI=1S/C20H22N2O2S/c1-13-10-11-25-18(13)20(24)22(17-8-9-17)12-14-2-4-15(5-3-14)19(23)21-16-6-7-16/h2-5,10-11,16-17H,6-9,12H2,1H3,(H,21,23). The minimum Gasteiger partial charge on any atom is -0.349 e. The number of nitrogens with one attached hydrogen (secondary N) is 1. The lowest BCUT2D eigenvalue weighted by Crippen LogP contribution is -2.32. The fourth-order valence-electron chi connectivity index (χ4n) is 2.93. The van der Waals surface area contributed by atoms with Gasteiger partial charge in [-0.2, -0.15) is 0 Å². The highest BCUT2D eigenvalue weighted by Gasteiger charge is 2.34. The second kappa shape index (κ2) is 6.64. The highest BCUT2D eigenvalue weighted by atomic mass is 32.1. The summed E-state index contributed by atoms with van der Waals surface area (Å²) in [7, 11) is 0. The molecule has 2 amide bonds. The third-order valence-corrected chi connectivity index (χ3v) is 5.79. The molecule has 0 radical (unpaired) electrons. The van der Waals surface area contributed by atoms with E-state index in [1.165, 1.54) is 11.3 Å². The number of rotatable bonds is 6. The van der Waals surface area contributed by atoms with Crippen LogP contribution in [-0.4, -0.2) is 28.8 Å². The zero-order valence-electron chi connectivity index (χ0n) is 14.3. The van der Waals surface area contributed by atoms with Gasteiger partial charge in [0.1, 0.15) is 0 Å². The van der Waals surface area contributed by atoms with E-state index >= 15 is 0 Å². The van der Waals surface area contributed by atoms with Gasteiger partial charge >= 0.3 is 0 Å². The van der Waals surface area contributed by atoms with Crippen molar-refractivity contribution in [2.24, 2.45) is 0 Å². The Morgan fingerprint density at radius 1 is 1.12 bits per heavy atom. The fraction of sp³-hybridized carbons (Fsp3) is 0.400. The Labute approximate surface area is 151 Å². The second-order valence-electron chi connectivity index (χ2n) is 7.04. The van der Waals surface area contributed by atoms with E-state index in [-0.39, 0.29) is 11.8 Å². The van der Waals surface area contributed by atoms with Crippen LogP contribution >= 0.6 is 11.3 Å². The average molecular weight is 354 g/mol. The molecule has 5 heteroatoms. The van der Waals surface area contributed by atoms with Crippen molar-refractivity contribution in [3.8, 4) is 0 Å². The van der Waals surface area contributed by atoms with E-state index < -0.39 is 0 Å². The van der Waals surface area contributed by atoms with Crippen LogP contribution in [0.4, 0.5) is 0 Å². The van der Waals surface area contributed by atoms with Crippen molar-refractivity contribution in [1.29, 1.82) is 0 Å². The second-order valence-corrected chi connectivity index (χ2v) is 7.96. The zero-order chi connectivity index (χ0) is 17.4. The molecule has 4 rings (SSSR count). The van der Waals surface area contributed by atoms with Crippen molar-refractivity contribution in [2.45, 2.75) is 51.2 Å². The molecular weight excluding hydrogens is 332 g/mol. The largest absolute Gasteiger partial charge is 0.349 e. The Hall–Kier alpha value is -2.14. The number of hydrogen-bond acceptors (Lipinski definition) is 3. The number of carbonyl (C=O) groups excluding carboxylic acids is 2. The molecule has 2 fully saturated rings. The van der Waals surface area contributed by atoms with Crippen LogP contribution in [0.2, 0.25) is 0 Å². The summed E-state index contributed by atoms with van der Waals surface area (Å²) in [5.74, 6) is 0.129. The van der Waals surface area contributed by atoms with Gasteiger partial charge in [-0.3, -0.25) is 9.59 Å². The highest BCUT2D eigenvalue weighted by molar-refractivity contribution is 7.12. The normalized spacial score (nSPS) is 16.5. The Balaban J connectivity index is 1.46. The first-order chi connectivity index (χ1) is 12.1. The van der Waals surface area contributed by atoms with Crippen molar-refractivity contribution in [3.63, 3.8) is 0 Å². The van der Waals surface area contributed by atoms with Crippen molar-refractivity contribution < 1.29 is 9.59 Å². The average Bonchev–Trinajstić information content (AvgIpc) is 3.53. The first-order valence-corrected chi connectivity index (χ1v) is 9.74. The first-order valence-electron chi connectivity index (χ1n) is 8.86. The van der Waals surface area contributed by atoms with Crippen LogP contribution in [0.3, 0.4) is 0 Å². The molecule has 2 aliphatic rings. The van der Waals surface area contributed by atoms with Crippen molar-refractivity contribution in [3.05, 3.63) is 57.3 Å². The van der Waals surface area contributed by atoms with Gasteiger partial charge in [0.2, 0.25) is 0 Å². The van der Waals surface area contributed by atoms with Crippen LogP contribution in [0.25, 0.3) is 0 Å². The van der Waals surface area contributed by atoms with Gasteiger partial charge in [-0.1, -0.05) is 12.1 Å². The van der Waals surface area contributed by atoms with Gasteiger partial charge < -0.3 is 10.2 Å². The number of carbonyl (C=O) groups is 2. The number of amides is 2. The van der Waals surface area contributed by atoms with E-state index in [0.717, 1.165) is 41.7 Å². The molecule has 0 spiro atoms. The predicted molar refractivity (Wildman–Crippen MR) is 98.9 cm³/mol. The van der Waals surface area contributed by atoms with Crippen LogP contribution < -0.4 is 5.32 Å². The summed E-state index contributed by atoms with van der Waals surface area (Å²) in [5.41, 5.74) is 2.80. The smallest absolute Gasteiger partial charge is 0.264 e. The topological polar surface area (TPSA) is 49.4 Å². The zero-order valence-corrected chi connectivity index (χ0v) is 15.1. The van der Waals surface area contributed by atoms with Crippen LogP contribution in [0.5, 0.6) is 0 Å². The number of thiophene rings is 1. The number of nitrogens with zero attached hydrogens (tertiary/aromatic N) is 1. The molecule has 1 aromatic heterocycles. The Morgan fingerprint density at radius 3 is 2.40 bits per heavy atom. The quantitative estimate of drug-likeness (QED) is 0.859. The third-order valence-electron chi connectivity index (χ3n) is 4.79. The maximum atomic E-state index is 12.9. The summed E-state index contributed by atoms with van der Waals surface area (Å²) in [5, 5.41) is 4.97. The van der Waals surface area contributed by atoms with Crippen LogP contribution in [0, 0.1) is 6.92 Å². The molecule has 0 aliphatic heterocycles. The maximum absolute atomic E-state index is 12.9. The SMILES string of the molecule is Cc1ccsc1C(=O)N(Cc1ccc(C(=O)NC2CC2)cc1)C1CC1. The van der Waals surface area contributed by atoms with Gasteiger partial charge in [0, 0.05) is 24.2 Å². The number of hydrogen-bond donors (Lipinski definition) is 1. The van der Waals surface area contributed by atoms with Crippen LogP contribution in [0.1, 0.15) is 56.8 Å². The minimum atomic E-state index is -0.00149. The van der Waals surface area contributed by atoms with Gasteiger partial charge in [0.15, 0.2) is 0 Å². The van der Waals surface area contributed by atoms with Crippen molar-refractivity contribution in [1.82, 2.24) is 10.2 Å². The van der Waals surface area contributed by atoms with Crippen LogP contribution in [-0.2, 0) is 6.54 Å². The molecule has 0 saturated heterocycles. The summed E-state index contributed by atoms with van der Waals surface area (Å²) in [6, 6.07) is 10.4. The molecule has 0 unspecified atom stereocenters. The van der Waals surface area contributed by atoms with Gasteiger partial charge in [-0.25, -0.2) is 0 Å². The van der Waals surface area contributed by atoms with Crippen molar-refractivity contribution in [2.75, 3.05) is 0 Å². The van der Waals surface area contributed by atoms with Gasteiger partial charge in [0.05, 0.1) is 4.88 Å². The van der Waals surface area contributed by atoms with Gasteiger partial charge in [-0.15, -0.1) is 11.3 Å². The predicted octanol–water partition coefficient (Wildman–Crippen LogP) is 3.75. The summed E-state index contributed by atoms with van der Waals surface area (Å²) in [6.07, 6.45) is 4.34. The molecule has 0 bridgehead atoms. The molecule has 2 saturated carbocycles. The monoisotopic (exact) mass is 354 g/mol. The molecular formula is C20H22N2O2S. The Kier molecular flexibility index (Phi) is 4.34. The Bertz CT molecular complexity index is 788. The van der Waals surface area contributed by atoms with E-state index in [9.17, 15) is 9.59 Å². The van der Waals surface area contributed by atoms with Crippen molar-refractivity contribution >= 4 is 23.2 Å². The fourth-order valence-corrected chi connectivity index (χ4v) is 3.81. The molecule has 2 aromatic rings. The van der Waals surface area contributed by atoms with E-state index in [0.29, 0.717) is 24.2 Å². The molecule has 25 heavy (non-hydrogen) atoms. The third kappa shape index (κ3) is 3.76. The minimum absolute atomic E-state index is 0.00149. The lowest BCUT2D eigenvalue weighted by atomic mass is 10.1. The molecule has 0 atom stereocenters. The highest BCUT2D eigenvalue weighted by Crippen LogP contribution is 2.31. The van der Waals surface area contributed by atoms with Crippen LogP contribution in [0.15, 0.2) is 35.7 Å². The molecule has 130 valence electrons. The molecule has 1 heterocycles. The lowest BCUT2D eigenvalue weighted by molar-refractivity contribution is 0.0733. The summed E-state index contributed by atoms with van der Waals surface area (Å²) in [4.78, 5) is 27.8. The maximum Gasteiger partial charge on any atom is 0.264 e. The van der Waals surface area contributed by atoms with Gasteiger partial charge in [0.25, 0.3) is 11.8 Å².